The van der Waals surface area contributed by atoms with E-state index in [9.17, 15) is 9.59 Å². The lowest BCUT2D eigenvalue weighted by molar-refractivity contribution is 0.0951. The molecule has 2 aromatic rings. The highest BCUT2D eigenvalue weighted by molar-refractivity contribution is 5.94. The van der Waals surface area contributed by atoms with E-state index in [2.05, 4.69) is 17.0 Å². The monoisotopic (exact) mass is 315 g/mol. The molecule has 0 bridgehead atoms. The Bertz CT molecular complexity index is 712. The number of nitrogens with two attached hydrogens (primary N) is 1. The fraction of sp³-hybridized carbons (Fsp3) is 0.375. The molecule has 3 N–H and O–H groups in total. The Balaban J connectivity index is 2.40. The third kappa shape index (κ3) is 4.23. The van der Waals surface area contributed by atoms with Gasteiger partial charge in [0, 0.05) is 24.5 Å². The van der Waals surface area contributed by atoms with Crippen molar-refractivity contribution in [2.45, 2.75) is 39.2 Å². The molecule has 0 aliphatic heterocycles. The van der Waals surface area contributed by atoms with E-state index in [4.69, 9.17) is 5.84 Å². The van der Waals surface area contributed by atoms with Gasteiger partial charge in [0.25, 0.3) is 11.5 Å². The van der Waals surface area contributed by atoms with Crippen LogP contribution in [0.4, 0.5) is 0 Å². The molecule has 2 rings (SSSR count). The second-order valence-corrected chi connectivity index (χ2v) is 5.24. The SMILES string of the molecule is CCCCCCn1nc(-c2ccncc2)cc(C(=O)NN)c1=O. The minimum absolute atomic E-state index is 0.00944. The van der Waals surface area contributed by atoms with Crippen LogP contribution < -0.4 is 16.8 Å². The van der Waals surface area contributed by atoms with Gasteiger partial charge in [-0.15, -0.1) is 0 Å². The molecule has 7 nitrogen and oxygen atoms in total. The van der Waals surface area contributed by atoms with E-state index in [0.29, 0.717) is 12.2 Å². The van der Waals surface area contributed by atoms with Crippen LogP contribution in [0.25, 0.3) is 11.3 Å². The van der Waals surface area contributed by atoms with Crippen molar-refractivity contribution in [3.63, 3.8) is 0 Å². The van der Waals surface area contributed by atoms with Crippen molar-refractivity contribution in [1.82, 2.24) is 20.2 Å². The van der Waals surface area contributed by atoms with E-state index in [0.717, 1.165) is 31.2 Å². The van der Waals surface area contributed by atoms with Crippen molar-refractivity contribution in [3.05, 3.63) is 46.5 Å². The quantitative estimate of drug-likeness (QED) is 0.349. The molecule has 2 aromatic heterocycles. The summed E-state index contributed by atoms with van der Waals surface area (Å²) in [6, 6.07) is 5.01. The number of rotatable bonds is 7. The van der Waals surface area contributed by atoms with Crippen molar-refractivity contribution >= 4 is 5.91 Å². The van der Waals surface area contributed by atoms with Gasteiger partial charge < -0.3 is 0 Å². The van der Waals surface area contributed by atoms with Crippen molar-refractivity contribution in [3.8, 4) is 11.3 Å². The number of hydrogen-bond acceptors (Lipinski definition) is 5. The van der Waals surface area contributed by atoms with Gasteiger partial charge in [-0.3, -0.25) is 20.0 Å². The van der Waals surface area contributed by atoms with Crippen LogP contribution in [-0.2, 0) is 6.54 Å². The molecule has 122 valence electrons. The number of nitrogen functional groups attached to an aromatic ring is 1. The predicted molar refractivity (Wildman–Crippen MR) is 87.5 cm³/mol. The van der Waals surface area contributed by atoms with Crippen molar-refractivity contribution in [2.75, 3.05) is 0 Å². The Morgan fingerprint density at radius 3 is 2.65 bits per heavy atom. The maximum absolute atomic E-state index is 12.4. The Hall–Kier alpha value is -2.54. The van der Waals surface area contributed by atoms with Crippen LogP contribution in [-0.4, -0.2) is 20.7 Å². The van der Waals surface area contributed by atoms with Crippen LogP contribution >= 0.6 is 0 Å². The van der Waals surface area contributed by atoms with E-state index in [-0.39, 0.29) is 5.56 Å². The van der Waals surface area contributed by atoms with Gasteiger partial charge in [0.1, 0.15) is 5.56 Å². The number of nitrogens with zero attached hydrogens (tertiary/aromatic N) is 3. The molecule has 0 aliphatic rings. The number of nitrogens with one attached hydrogen (secondary N) is 1. The zero-order valence-electron chi connectivity index (χ0n) is 13.2. The van der Waals surface area contributed by atoms with Gasteiger partial charge in [0.2, 0.25) is 0 Å². The van der Waals surface area contributed by atoms with Crippen LogP contribution in [0.5, 0.6) is 0 Å². The van der Waals surface area contributed by atoms with Gasteiger partial charge in [-0.2, -0.15) is 5.10 Å². The summed E-state index contributed by atoms with van der Waals surface area (Å²) in [7, 11) is 0. The fourth-order valence-corrected chi connectivity index (χ4v) is 2.29. The molecule has 0 saturated heterocycles. The lowest BCUT2D eigenvalue weighted by Crippen LogP contribution is -2.37. The maximum atomic E-state index is 12.4. The first kappa shape index (κ1) is 16.8. The zero-order chi connectivity index (χ0) is 16.7. The second-order valence-electron chi connectivity index (χ2n) is 5.24. The van der Waals surface area contributed by atoms with Crippen LogP contribution in [0.3, 0.4) is 0 Å². The minimum atomic E-state index is -0.616. The summed E-state index contributed by atoms with van der Waals surface area (Å²) in [5.41, 5.74) is 2.90. The van der Waals surface area contributed by atoms with Crippen molar-refractivity contribution in [2.24, 2.45) is 5.84 Å². The molecule has 0 aromatic carbocycles. The molecule has 0 atom stereocenters. The molecule has 1 amide bonds. The average molecular weight is 315 g/mol. The molecule has 0 radical (unpaired) electrons. The molecular weight excluding hydrogens is 294 g/mol. The van der Waals surface area contributed by atoms with Gasteiger partial charge in [0.05, 0.1) is 5.69 Å². The first-order chi connectivity index (χ1) is 11.2. The lowest BCUT2D eigenvalue weighted by Gasteiger charge is -2.10. The number of hydrazine groups is 1. The summed E-state index contributed by atoms with van der Waals surface area (Å²) in [5, 5.41) is 4.37. The number of hydrogen-bond donors (Lipinski definition) is 2. The summed E-state index contributed by atoms with van der Waals surface area (Å²) in [4.78, 5) is 28.2. The number of aromatic nitrogens is 3. The summed E-state index contributed by atoms with van der Waals surface area (Å²) < 4.78 is 1.34. The second kappa shape index (κ2) is 8.19. The number of unbranched alkanes of at least 4 members (excludes halogenated alkanes) is 3. The van der Waals surface area contributed by atoms with E-state index < -0.39 is 11.5 Å². The molecule has 0 aliphatic carbocycles. The number of pyridine rings is 1. The normalized spacial score (nSPS) is 10.5. The summed E-state index contributed by atoms with van der Waals surface area (Å²) in [6.07, 6.45) is 7.34. The van der Waals surface area contributed by atoms with Gasteiger partial charge in [-0.05, 0) is 24.6 Å². The Morgan fingerprint density at radius 1 is 1.26 bits per heavy atom. The molecule has 0 fully saturated rings. The highest BCUT2D eigenvalue weighted by atomic mass is 16.2. The number of amides is 1. The summed E-state index contributed by atoms with van der Waals surface area (Å²) >= 11 is 0. The van der Waals surface area contributed by atoms with E-state index in [1.807, 2.05) is 5.43 Å². The Kier molecular flexibility index (Phi) is 5.99. The first-order valence-corrected chi connectivity index (χ1v) is 7.71. The molecule has 23 heavy (non-hydrogen) atoms. The smallest absolute Gasteiger partial charge is 0.279 e. The minimum Gasteiger partial charge on any atom is -0.290 e. The van der Waals surface area contributed by atoms with Crippen LogP contribution in [0.1, 0.15) is 43.0 Å². The first-order valence-electron chi connectivity index (χ1n) is 7.71. The highest BCUT2D eigenvalue weighted by Crippen LogP contribution is 2.15. The zero-order valence-corrected chi connectivity index (χ0v) is 13.2. The maximum Gasteiger partial charge on any atom is 0.279 e. The third-order valence-electron chi connectivity index (χ3n) is 3.55. The molecule has 0 saturated carbocycles. The van der Waals surface area contributed by atoms with E-state index in [1.54, 1.807) is 24.5 Å². The van der Waals surface area contributed by atoms with E-state index >= 15 is 0 Å². The molecule has 0 spiro atoms. The Morgan fingerprint density at radius 2 is 2.00 bits per heavy atom. The van der Waals surface area contributed by atoms with Crippen LogP contribution in [0.2, 0.25) is 0 Å². The number of carbonyl (C=O) groups excluding carboxylic acids is 1. The van der Waals surface area contributed by atoms with Gasteiger partial charge in [0.15, 0.2) is 0 Å². The van der Waals surface area contributed by atoms with Gasteiger partial charge in [-0.1, -0.05) is 26.2 Å². The lowest BCUT2D eigenvalue weighted by atomic mass is 10.1. The summed E-state index contributed by atoms with van der Waals surface area (Å²) in [5.74, 6) is 4.56. The largest absolute Gasteiger partial charge is 0.290 e. The van der Waals surface area contributed by atoms with Crippen molar-refractivity contribution < 1.29 is 4.79 Å². The predicted octanol–water partition coefficient (Wildman–Crippen LogP) is 1.49. The Labute approximate surface area is 134 Å². The third-order valence-corrected chi connectivity index (χ3v) is 3.55. The fourth-order valence-electron chi connectivity index (χ4n) is 2.29. The standard InChI is InChI=1S/C16H21N5O2/c1-2-3-4-5-10-21-16(23)13(15(22)19-17)11-14(20-21)12-6-8-18-9-7-12/h6-9,11H,2-5,10,17H2,1H3,(H,19,22). The van der Waals surface area contributed by atoms with Gasteiger partial charge in [-0.25, -0.2) is 10.5 Å². The van der Waals surface area contributed by atoms with Gasteiger partial charge >= 0.3 is 0 Å². The topological polar surface area (TPSA) is 103 Å². The molecule has 0 unspecified atom stereocenters. The molecular formula is C16H21N5O2. The molecule has 2 heterocycles. The number of carbonyl (C=O) groups is 1. The van der Waals surface area contributed by atoms with Crippen molar-refractivity contribution in [1.29, 1.82) is 0 Å². The van der Waals surface area contributed by atoms with Crippen LogP contribution in [0.15, 0.2) is 35.4 Å². The average Bonchev–Trinajstić information content (AvgIpc) is 2.60. The number of aryl methyl sites for hydroxylation is 1. The van der Waals surface area contributed by atoms with Crippen LogP contribution in [0, 0.1) is 0 Å². The van der Waals surface area contributed by atoms with E-state index in [1.165, 1.54) is 10.7 Å². The summed E-state index contributed by atoms with van der Waals surface area (Å²) in [6.45, 7) is 2.60. The highest BCUT2D eigenvalue weighted by Gasteiger charge is 2.15. The molecule has 7 heteroatoms.